The molecule has 1 aromatic heterocycles. The zero-order valence-electron chi connectivity index (χ0n) is 12.9. The number of halogens is 5. The molecule has 0 fully saturated rings. The highest BCUT2D eigenvalue weighted by molar-refractivity contribution is 9.10. The van der Waals surface area contributed by atoms with Gasteiger partial charge in [-0.15, -0.1) is 0 Å². The average Bonchev–Trinajstić information content (AvgIpc) is 3.03. The molecule has 9 heteroatoms. The number of anilines is 1. The van der Waals surface area contributed by atoms with Gasteiger partial charge in [-0.05, 0) is 48.5 Å². The lowest BCUT2D eigenvalue weighted by Gasteiger charge is -2.13. The average molecular weight is 445 g/mol. The molecule has 1 N–H and O–H groups in total. The molecule has 0 aliphatic carbocycles. The third kappa shape index (κ3) is 3.91. The van der Waals surface area contributed by atoms with E-state index < -0.39 is 23.3 Å². The zero-order valence-corrected chi connectivity index (χ0v) is 15.2. The van der Waals surface area contributed by atoms with Crippen LogP contribution in [0.2, 0.25) is 5.02 Å². The van der Waals surface area contributed by atoms with Gasteiger partial charge >= 0.3 is 6.18 Å². The zero-order chi connectivity index (χ0) is 18.9. The van der Waals surface area contributed by atoms with Gasteiger partial charge in [0.1, 0.15) is 0 Å². The number of carbonyl (C=O) groups is 1. The smallest absolute Gasteiger partial charge is 0.322 e. The largest absolute Gasteiger partial charge is 0.434 e. The molecule has 4 nitrogen and oxygen atoms in total. The van der Waals surface area contributed by atoms with Crippen LogP contribution in [0.5, 0.6) is 0 Å². The molecule has 0 spiro atoms. The summed E-state index contributed by atoms with van der Waals surface area (Å²) < 4.78 is 42.2. The maximum atomic E-state index is 13.6. The SMILES string of the molecule is O=C(Nc1ccc(Br)cc1)c1cnn(-c2ccc(Cl)cc2)c1C(F)(F)F. The van der Waals surface area contributed by atoms with Gasteiger partial charge in [0.25, 0.3) is 5.91 Å². The van der Waals surface area contributed by atoms with Gasteiger partial charge < -0.3 is 5.32 Å². The van der Waals surface area contributed by atoms with Crippen LogP contribution in [0.25, 0.3) is 5.69 Å². The fraction of sp³-hybridized carbons (Fsp3) is 0.0588. The van der Waals surface area contributed by atoms with Crippen molar-refractivity contribution >= 4 is 39.1 Å². The van der Waals surface area contributed by atoms with Crippen molar-refractivity contribution in [2.75, 3.05) is 5.32 Å². The summed E-state index contributed by atoms with van der Waals surface area (Å²) in [6.45, 7) is 0. The van der Waals surface area contributed by atoms with Crippen LogP contribution in [-0.2, 0) is 6.18 Å². The second-order valence-electron chi connectivity index (χ2n) is 5.25. The highest BCUT2D eigenvalue weighted by Crippen LogP contribution is 2.34. The van der Waals surface area contributed by atoms with Crippen molar-refractivity contribution in [3.63, 3.8) is 0 Å². The second kappa shape index (κ2) is 7.13. The molecule has 0 bridgehead atoms. The van der Waals surface area contributed by atoms with Crippen molar-refractivity contribution < 1.29 is 18.0 Å². The minimum Gasteiger partial charge on any atom is -0.322 e. The molecule has 0 atom stereocenters. The molecule has 0 aliphatic rings. The molecule has 3 rings (SSSR count). The maximum Gasteiger partial charge on any atom is 0.434 e. The van der Waals surface area contributed by atoms with Crippen molar-refractivity contribution in [2.24, 2.45) is 0 Å². The first kappa shape index (κ1) is 18.5. The second-order valence-corrected chi connectivity index (χ2v) is 6.61. The quantitative estimate of drug-likeness (QED) is 0.575. The first-order chi connectivity index (χ1) is 12.3. The predicted octanol–water partition coefficient (Wildman–Crippen LogP) is 5.56. The summed E-state index contributed by atoms with van der Waals surface area (Å²) in [4.78, 5) is 12.4. The predicted molar refractivity (Wildman–Crippen MR) is 95.7 cm³/mol. The third-order valence-electron chi connectivity index (χ3n) is 3.46. The fourth-order valence-electron chi connectivity index (χ4n) is 2.30. The highest BCUT2D eigenvalue weighted by atomic mass is 79.9. The molecule has 1 amide bonds. The van der Waals surface area contributed by atoms with Crippen LogP contribution in [0.4, 0.5) is 18.9 Å². The lowest BCUT2D eigenvalue weighted by molar-refractivity contribution is -0.143. The Kier molecular flexibility index (Phi) is 5.06. The number of hydrogen-bond acceptors (Lipinski definition) is 2. The molecule has 26 heavy (non-hydrogen) atoms. The maximum absolute atomic E-state index is 13.6. The van der Waals surface area contributed by atoms with Crippen molar-refractivity contribution in [1.29, 1.82) is 0 Å². The first-order valence-electron chi connectivity index (χ1n) is 7.24. The Bertz CT molecular complexity index is 937. The summed E-state index contributed by atoms with van der Waals surface area (Å²) in [6, 6.07) is 12.1. The molecular formula is C17H10BrClF3N3O. The Morgan fingerprint density at radius 3 is 2.27 bits per heavy atom. The number of nitrogens with one attached hydrogen (secondary N) is 1. The van der Waals surface area contributed by atoms with E-state index in [2.05, 4.69) is 26.3 Å². The Labute approximate surface area is 159 Å². The molecule has 134 valence electrons. The number of aromatic nitrogens is 2. The first-order valence-corrected chi connectivity index (χ1v) is 8.41. The van der Waals surface area contributed by atoms with E-state index in [0.717, 1.165) is 10.7 Å². The number of nitrogens with zero attached hydrogens (tertiary/aromatic N) is 2. The molecule has 0 radical (unpaired) electrons. The van der Waals surface area contributed by atoms with E-state index in [1.54, 1.807) is 24.3 Å². The number of benzene rings is 2. The van der Waals surface area contributed by atoms with E-state index in [0.29, 0.717) is 15.4 Å². The van der Waals surface area contributed by atoms with Crippen LogP contribution in [0, 0.1) is 0 Å². The minimum absolute atomic E-state index is 0.143. The van der Waals surface area contributed by atoms with Gasteiger partial charge in [0, 0.05) is 15.2 Å². The van der Waals surface area contributed by atoms with Crippen LogP contribution in [0.1, 0.15) is 16.1 Å². The monoisotopic (exact) mass is 443 g/mol. The number of hydrogen-bond donors (Lipinski definition) is 1. The number of alkyl halides is 3. The number of amides is 1. The summed E-state index contributed by atoms with van der Waals surface area (Å²) in [7, 11) is 0. The Balaban J connectivity index is 2.00. The normalized spacial score (nSPS) is 11.4. The summed E-state index contributed by atoms with van der Waals surface area (Å²) in [6.07, 6.45) is -3.88. The van der Waals surface area contributed by atoms with Gasteiger partial charge in [-0.2, -0.15) is 18.3 Å². The molecule has 0 saturated heterocycles. The standard InChI is InChI=1S/C17H10BrClF3N3O/c18-10-1-5-12(6-2-10)24-16(26)14-9-23-25(15(14)17(20,21)22)13-7-3-11(19)4-8-13/h1-9H,(H,24,26). The van der Waals surface area contributed by atoms with Gasteiger partial charge in [0.2, 0.25) is 0 Å². The molecule has 1 heterocycles. The molecule has 0 saturated carbocycles. The van der Waals surface area contributed by atoms with Gasteiger partial charge in [0.05, 0.1) is 17.4 Å². The van der Waals surface area contributed by atoms with Gasteiger partial charge in [-0.1, -0.05) is 27.5 Å². The van der Waals surface area contributed by atoms with E-state index in [1.165, 1.54) is 24.3 Å². The number of carbonyl (C=O) groups excluding carboxylic acids is 1. The fourth-order valence-corrected chi connectivity index (χ4v) is 2.69. The van der Waals surface area contributed by atoms with Gasteiger partial charge in [-0.25, -0.2) is 4.68 Å². The van der Waals surface area contributed by atoms with E-state index in [-0.39, 0.29) is 5.69 Å². The molecular weight excluding hydrogens is 435 g/mol. The van der Waals surface area contributed by atoms with E-state index >= 15 is 0 Å². The van der Waals surface area contributed by atoms with Gasteiger partial charge in [-0.3, -0.25) is 4.79 Å². The topological polar surface area (TPSA) is 46.9 Å². The van der Waals surface area contributed by atoms with Crippen molar-refractivity contribution in [3.8, 4) is 5.69 Å². The van der Waals surface area contributed by atoms with Crippen LogP contribution >= 0.6 is 27.5 Å². The molecule has 0 aliphatic heterocycles. The van der Waals surface area contributed by atoms with Gasteiger partial charge in [0.15, 0.2) is 5.69 Å². The van der Waals surface area contributed by atoms with Crippen molar-refractivity contribution in [2.45, 2.75) is 6.18 Å². The van der Waals surface area contributed by atoms with Crippen LogP contribution in [0.15, 0.2) is 59.2 Å². The molecule has 0 unspecified atom stereocenters. The van der Waals surface area contributed by atoms with E-state index in [4.69, 9.17) is 11.6 Å². The Hall–Kier alpha value is -2.32. The third-order valence-corrected chi connectivity index (χ3v) is 4.24. The molecule has 3 aromatic rings. The van der Waals surface area contributed by atoms with Crippen molar-refractivity contribution in [3.05, 3.63) is 75.5 Å². The lowest BCUT2D eigenvalue weighted by atomic mass is 10.2. The summed E-state index contributed by atoms with van der Waals surface area (Å²) in [5, 5.41) is 6.56. The Morgan fingerprint density at radius 1 is 1.08 bits per heavy atom. The van der Waals surface area contributed by atoms with E-state index in [1.807, 2.05) is 0 Å². The minimum atomic E-state index is -4.78. The Morgan fingerprint density at radius 2 is 1.69 bits per heavy atom. The lowest BCUT2D eigenvalue weighted by Crippen LogP contribution is -2.20. The van der Waals surface area contributed by atoms with E-state index in [9.17, 15) is 18.0 Å². The summed E-state index contributed by atoms with van der Waals surface area (Å²) >= 11 is 9.01. The van der Waals surface area contributed by atoms with Crippen LogP contribution in [0.3, 0.4) is 0 Å². The summed E-state index contributed by atoms with van der Waals surface area (Å²) in [5.74, 6) is -0.903. The van der Waals surface area contributed by atoms with Crippen molar-refractivity contribution in [1.82, 2.24) is 9.78 Å². The van der Waals surface area contributed by atoms with Crippen LogP contribution in [-0.4, -0.2) is 15.7 Å². The highest BCUT2D eigenvalue weighted by Gasteiger charge is 2.40. The summed E-state index contributed by atoms with van der Waals surface area (Å²) in [5.41, 5.74) is -1.22. The number of rotatable bonds is 3. The molecule has 2 aromatic carbocycles. The van der Waals surface area contributed by atoms with Crippen LogP contribution < -0.4 is 5.32 Å².